The van der Waals surface area contributed by atoms with Gasteiger partial charge >= 0.3 is 6.09 Å². The molecule has 0 bridgehead atoms. The van der Waals surface area contributed by atoms with Gasteiger partial charge in [-0.15, -0.1) is 0 Å². The van der Waals surface area contributed by atoms with E-state index < -0.39 is 19.3 Å². The van der Waals surface area contributed by atoms with E-state index in [0.717, 1.165) is 0 Å². The zero-order valence-electron chi connectivity index (χ0n) is 20.9. The number of non-ortho nitro benzene ring substituents is 1. The zero-order chi connectivity index (χ0) is 25.7. The van der Waals surface area contributed by atoms with Crippen molar-refractivity contribution in [2.24, 2.45) is 5.16 Å². The van der Waals surface area contributed by atoms with E-state index in [1.165, 1.54) is 34.1 Å². The van der Waals surface area contributed by atoms with Crippen LogP contribution >= 0.6 is 0 Å². The van der Waals surface area contributed by atoms with Crippen LogP contribution in [0.15, 0.2) is 29.4 Å². The summed E-state index contributed by atoms with van der Waals surface area (Å²) in [7, 11) is 1.12. The van der Waals surface area contributed by atoms with Crippen molar-refractivity contribution in [3.05, 3.63) is 39.9 Å². The van der Waals surface area contributed by atoms with Gasteiger partial charge in [0.2, 0.25) is 0 Å². The molecule has 1 saturated heterocycles. The molecule has 0 aromatic heterocycles. The molecule has 1 aromatic carbocycles. The van der Waals surface area contributed by atoms with Crippen LogP contribution in [0.2, 0.25) is 18.1 Å². The lowest BCUT2D eigenvalue weighted by atomic mass is 10.2. The van der Waals surface area contributed by atoms with Crippen molar-refractivity contribution in [1.29, 1.82) is 0 Å². The number of carbonyl (C=O) groups is 2. The van der Waals surface area contributed by atoms with Crippen LogP contribution in [0.3, 0.4) is 0 Å². The van der Waals surface area contributed by atoms with Gasteiger partial charge in [-0.05, 0) is 35.8 Å². The molecule has 1 atom stereocenters. The molecule has 1 aromatic rings. The Hall–Kier alpha value is -2.99. The molecule has 1 fully saturated rings. The summed E-state index contributed by atoms with van der Waals surface area (Å²) in [6, 6.07) is 5.77. The molecule has 1 heterocycles. The first-order valence-corrected chi connectivity index (χ1v) is 13.9. The Balaban J connectivity index is 2.11. The third kappa shape index (κ3) is 7.25. The number of nitrogens with zero attached hydrogens (tertiary/aromatic N) is 4. The third-order valence-corrected chi connectivity index (χ3v) is 10.5. The van der Waals surface area contributed by atoms with Crippen molar-refractivity contribution in [2.75, 3.05) is 27.2 Å². The molecule has 1 aliphatic heterocycles. The summed E-state index contributed by atoms with van der Waals surface area (Å²) in [4.78, 5) is 42.9. The fourth-order valence-electron chi connectivity index (χ4n) is 2.85. The number of nitro groups is 1. The number of rotatable bonds is 8. The quantitative estimate of drug-likeness (QED) is 0.306. The molecule has 0 unspecified atom stereocenters. The van der Waals surface area contributed by atoms with Crippen molar-refractivity contribution in [2.45, 2.75) is 58.0 Å². The maximum absolute atomic E-state index is 12.9. The van der Waals surface area contributed by atoms with Crippen molar-refractivity contribution >= 4 is 31.8 Å². The van der Waals surface area contributed by atoms with Crippen molar-refractivity contribution < 1.29 is 28.5 Å². The van der Waals surface area contributed by atoms with Crippen molar-refractivity contribution in [1.82, 2.24) is 9.80 Å². The Morgan fingerprint density at radius 3 is 2.38 bits per heavy atom. The molecule has 0 aliphatic carbocycles. The second kappa shape index (κ2) is 11.0. The predicted molar refractivity (Wildman–Crippen MR) is 129 cm³/mol. The number of amidine groups is 1. The van der Waals surface area contributed by atoms with Gasteiger partial charge in [0, 0.05) is 32.6 Å². The van der Waals surface area contributed by atoms with E-state index in [-0.39, 0.29) is 42.5 Å². The minimum Gasteiger partial charge on any atom is -0.444 e. The molecule has 0 radical (unpaired) electrons. The Morgan fingerprint density at radius 1 is 1.24 bits per heavy atom. The summed E-state index contributed by atoms with van der Waals surface area (Å²) in [5.74, 6) is 0.0627. The number of likely N-dealkylation sites (N-methyl/N-ethyl adjacent to an activating group) is 1. The van der Waals surface area contributed by atoms with Crippen LogP contribution in [0.4, 0.5) is 10.5 Å². The number of likely N-dealkylation sites (tertiary alicyclic amines) is 1. The lowest BCUT2D eigenvalue weighted by Crippen LogP contribution is -2.44. The van der Waals surface area contributed by atoms with E-state index in [1.54, 1.807) is 14.1 Å². The summed E-state index contributed by atoms with van der Waals surface area (Å²) in [5.41, 5.74) is 0.567. The lowest BCUT2D eigenvalue weighted by Gasteiger charge is -2.38. The van der Waals surface area contributed by atoms with Gasteiger partial charge in [-0.3, -0.25) is 19.8 Å². The highest BCUT2D eigenvalue weighted by Crippen LogP contribution is 2.38. The van der Waals surface area contributed by atoms with Crippen LogP contribution in [-0.2, 0) is 25.4 Å². The van der Waals surface area contributed by atoms with Gasteiger partial charge in [0.05, 0.1) is 17.6 Å². The molecule has 34 heavy (non-hydrogen) atoms. The summed E-state index contributed by atoms with van der Waals surface area (Å²) in [5, 5.41) is 14.8. The number of hydrogen-bond donors (Lipinski definition) is 0. The molecule has 11 nitrogen and oxygen atoms in total. The number of carbonyl (C=O) groups excluding carboxylic acids is 2. The van der Waals surface area contributed by atoms with Crippen LogP contribution < -0.4 is 0 Å². The second-order valence-corrected chi connectivity index (χ2v) is 14.6. The van der Waals surface area contributed by atoms with E-state index in [4.69, 9.17) is 14.0 Å². The molecule has 0 N–H and O–H groups in total. The highest BCUT2D eigenvalue weighted by Gasteiger charge is 2.43. The molecular weight excluding hydrogens is 460 g/mol. The summed E-state index contributed by atoms with van der Waals surface area (Å²) >= 11 is 0. The molecular formula is C22H34N4O7Si. The molecule has 2 rings (SSSR count). The van der Waals surface area contributed by atoms with E-state index in [0.29, 0.717) is 17.8 Å². The van der Waals surface area contributed by atoms with E-state index >= 15 is 0 Å². The third-order valence-electron chi connectivity index (χ3n) is 5.96. The summed E-state index contributed by atoms with van der Waals surface area (Å²) < 4.78 is 11.9. The standard InChI is InChI=1S/C22H34N4O7Si/c1-22(2,3)34(6,7)33-18-12-19(23-32-15-20(27)24(4)5)25(13-18)21(28)31-14-16-8-10-17(11-9-16)26(29)30/h8-11,18H,12-15H2,1-7H3/t18-/m1/s1. The Bertz CT molecular complexity index is 926. The largest absolute Gasteiger partial charge is 0.444 e. The number of ether oxygens (including phenoxy) is 1. The van der Waals surface area contributed by atoms with Crippen molar-refractivity contribution in [3.63, 3.8) is 0 Å². The fourth-order valence-corrected chi connectivity index (χ4v) is 4.20. The number of nitro benzene ring substituents is 1. The minimum absolute atomic E-state index is 0.0111. The molecule has 1 aliphatic rings. The van der Waals surface area contributed by atoms with Gasteiger partial charge in [-0.1, -0.05) is 25.9 Å². The molecule has 2 amide bonds. The van der Waals surface area contributed by atoms with Gasteiger partial charge < -0.3 is 18.9 Å². The van der Waals surface area contributed by atoms with Crippen LogP contribution in [0.1, 0.15) is 32.8 Å². The summed E-state index contributed by atoms with van der Waals surface area (Å²) in [6.07, 6.45) is -0.573. The molecule has 0 saturated carbocycles. The highest BCUT2D eigenvalue weighted by atomic mass is 28.4. The van der Waals surface area contributed by atoms with E-state index in [1.807, 2.05) is 0 Å². The molecule has 0 spiro atoms. The molecule has 12 heteroatoms. The van der Waals surface area contributed by atoms with Crippen LogP contribution in [-0.4, -0.2) is 74.2 Å². The number of benzene rings is 1. The normalized spacial score (nSPS) is 17.6. The number of amides is 2. The van der Waals surface area contributed by atoms with Crippen molar-refractivity contribution in [3.8, 4) is 0 Å². The van der Waals surface area contributed by atoms with Gasteiger partial charge in [0.1, 0.15) is 6.61 Å². The average molecular weight is 495 g/mol. The topological polar surface area (TPSA) is 124 Å². The van der Waals surface area contributed by atoms with Gasteiger partial charge in [0.25, 0.3) is 11.6 Å². The van der Waals surface area contributed by atoms with Gasteiger partial charge in [0.15, 0.2) is 20.8 Å². The van der Waals surface area contributed by atoms with E-state index in [9.17, 15) is 19.7 Å². The zero-order valence-corrected chi connectivity index (χ0v) is 21.9. The fraction of sp³-hybridized carbons (Fsp3) is 0.591. The van der Waals surface area contributed by atoms with Crippen LogP contribution in [0.25, 0.3) is 0 Å². The monoisotopic (exact) mass is 494 g/mol. The SMILES string of the molecule is CN(C)C(=O)CON=C1C[C@@H](O[Si](C)(C)C(C)(C)C)CN1C(=O)OCc1ccc([N+](=O)[O-])cc1. The Kier molecular flexibility index (Phi) is 8.78. The minimum atomic E-state index is -2.10. The first-order valence-electron chi connectivity index (χ1n) is 11.0. The number of oxime groups is 1. The Labute approximate surface area is 200 Å². The second-order valence-electron chi connectivity index (χ2n) is 9.86. The predicted octanol–water partition coefficient (Wildman–Crippen LogP) is 3.75. The van der Waals surface area contributed by atoms with Gasteiger partial charge in [-0.25, -0.2) is 4.79 Å². The smallest absolute Gasteiger partial charge is 0.415 e. The van der Waals surface area contributed by atoms with Crippen LogP contribution in [0.5, 0.6) is 0 Å². The highest BCUT2D eigenvalue weighted by molar-refractivity contribution is 6.74. The van der Waals surface area contributed by atoms with Gasteiger partial charge in [-0.2, -0.15) is 0 Å². The maximum Gasteiger partial charge on any atom is 0.415 e. The molecule has 188 valence electrons. The van der Waals surface area contributed by atoms with E-state index in [2.05, 4.69) is 39.0 Å². The Morgan fingerprint density at radius 2 is 1.85 bits per heavy atom. The number of hydrogen-bond acceptors (Lipinski definition) is 8. The average Bonchev–Trinajstić information content (AvgIpc) is 3.13. The lowest BCUT2D eigenvalue weighted by molar-refractivity contribution is -0.384. The van der Waals surface area contributed by atoms with Crippen LogP contribution in [0, 0.1) is 10.1 Å². The first-order chi connectivity index (χ1) is 15.7. The summed E-state index contributed by atoms with van der Waals surface area (Å²) in [6.45, 7) is 10.6. The maximum atomic E-state index is 12.9. The first kappa shape index (κ1) is 27.3.